The normalized spacial score (nSPS) is 19.0. The molecule has 0 bridgehead atoms. The third kappa shape index (κ3) is 4.31. The van der Waals surface area contributed by atoms with Crippen LogP contribution < -0.4 is 0 Å². The van der Waals surface area contributed by atoms with Crippen LogP contribution in [0.15, 0.2) is 65.9 Å². The van der Waals surface area contributed by atoms with E-state index in [1.807, 2.05) is 61.5 Å². The molecule has 1 saturated carbocycles. The van der Waals surface area contributed by atoms with E-state index < -0.39 is 17.7 Å². The molecule has 1 aromatic heterocycles. The van der Waals surface area contributed by atoms with E-state index in [1.165, 1.54) is 16.9 Å². The lowest BCUT2D eigenvalue weighted by Gasteiger charge is -2.36. The van der Waals surface area contributed by atoms with Crippen LogP contribution in [0.3, 0.4) is 0 Å². The van der Waals surface area contributed by atoms with E-state index >= 15 is 0 Å². The fourth-order valence-corrected chi connectivity index (χ4v) is 6.31. The Labute approximate surface area is 210 Å². The van der Waals surface area contributed by atoms with E-state index in [4.69, 9.17) is 0 Å². The van der Waals surface area contributed by atoms with Crippen molar-refractivity contribution >= 4 is 23.0 Å². The number of amides is 1. The van der Waals surface area contributed by atoms with Crippen LogP contribution in [0.2, 0.25) is 0 Å². The topological polar surface area (TPSA) is 70.5 Å². The molecule has 6 heteroatoms. The molecule has 2 heterocycles. The Balaban J connectivity index is 1.58. The number of thiazole rings is 1. The number of carbonyl (C=O) groups excluding carboxylic acids is 2. The SMILES string of the molecule is CCc1ccc(C2C(C(=O)c3sc(-c4ccccc4)nc3C)=C(O)C(=O)N2C2CCCCC2)cc1. The zero-order chi connectivity index (χ0) is 24.5. The summed E-state index contributed by atoms with van der Waals surface area (Å²) in [6.45, 7) is 3.91. The van der Waals surface area contributed by atoms with Crippen LogP contribution >= 0.6 is 11.3 Å². The van der Waals surface area contributed by atoms with Gasteiger partial charge in [0.25, 0.3) is 5.91 Å². The number of rotatable bonds is 6. The Morgan fingerprint density at radius 2 is 1.74 bits per heavy atom. The van der Waals surface area contributed by atoms with Crippen LogP contribution in [0, 0.1) is 6.92 Å². The van der Waals surface area contributed by atoms with Gasteiger partial charge < -0.3 is 10.0 Å². The number of nitrogens with zero attached hydrogens (tertiary/aromatic N) is 2. The molecule has 35 heavy (non-hydrogen) atoms. The van der Waals surface area contributed by atoms with Crippen LogP contribution in [0.5, 0.6) is 0 Å². The minimum atomic E-state index is -0.592. The summed E-state index contributed by atoms with van der Waals surface area (Å²) in [4.78, 5) is 34.3. The number of aryl methyl sites for hydroxylation is 2. The quantitative estimate of drug-likeness (QED) is 0.399. The van der Waals surface area contributed by atoms with E-state index in [9.17, 15) is 14.7 Å². The summed E-state index contributed by atoms with van der Waals surface area (Å²) in [6, 6.07) is 17.2. The Morgan fingerprint density at radius 1 is 1.06 bits per heavy atom. The Hall–Kier alpha value is -3.25. The van der Waals surface area contributed by atoms with Gasteiger partial charge >= 0.3 is 0 Å². The summed E-state index contributed by atoms with van der Waals surface area (Å²) < 4.78 is 0. The molecule has 1 fully saturated rings. The number of aliphatic hydroxyl groups is 1. The van der Waals surface area contributed by atoms with Crippen LogP contribution in [0.4, 0.5) is 0 Å². The summed E-state index contributed by atoms with van der Waals surface area (Å²) in [5, 5.41) is 11.8. The summed E-state index contributed by atoms with van der Waals surface area (Å²) >= 11 is 1.32. The number of aliphatic hydroxyl groups excluding tert-OH is 1. The summed E-state index contributed by atoms with van der Waals surface area (Å²) in [5.41, 5.74) is 3.78. The predicted octanol–water partition coefficient (Wildman–Crippen LogP) is 6.59. The van der Waals surface area contributed by atoms with Gasteiger partial charge in [0.05, 0.1) is 22.2 Å². The van der Waals surface area contributed by atoms with Gasteiger partial charge in [0.2, 0.25) is 5.78 Å². The Bertz CT molecular complexity index is 1270. The van der Waals surface area contributed by atoms with Crippen molar-refractivity contribution < 1.29 is 14.7 Å². The largest absolute Gasteiger partial charge is 0.503 e. The second-order valence-electron chi connectivity index (χ2n) is 9.39. The second kappa shape index (κ2) is 9.78. The standard InChI is InChI=1S/C29H30N2O3S/c1-3-19-14-16-20(17-15-19)24-23(26(33)29(34)31(24)22-12-8-5-9-13-22)25(32)27-18(2)30-28(35-27)21-10-6-4-7-11-21/h4,6-7,10-11,14-17,22,24,33H,3,5,8-9,12-13H2,1-2H3. The molecule has 1 amide bonds. The number of hydrogen-bond donors (Lipinski definition) is 1. The second-order valence-corrected chi connectivity index (χ2v) is 10.4. The zero-order valence-electron chi connectivity index (χ0n) is 20.2. The average molecular weight is 487 g/mol. The van der Waals surface area contributed by atoms with E-state index in [2.05, 4.69) is 11.9 Å². The number of ketones is 1. The minimum Gasteiger partial charge on any atom is -0.503 e. The van der Waals surface area contributed by atoms with Gasteiger partial charge in [-0.05, 0) is 37.3 Å². The molecule has 0 spiro atoms. The smallest absolute Gasteiger partial charge is 0.290 e. The highest BCUT2D eigenvalue weighted by Gasteiger charge is 2.47. The van der Waals surface area contributed by atoms with Gasteiger partial charge in [0, 0.05) is 11.6 Å². The molecule has 2 aromatic carbocycles. The third-order valence-corrected chi connectivity index (χ3v) is 8.39. The minimum absolute atomic E-state index is 0.0157. The highest BCUT2D eigenvalue weighted by Crippen LogP contribution is 2.44. The summed E-state index contributed by atoms with van der Waals surface area (Å²) in [7, 11) is 0. The lowest BCUT2D eigenvalue weighted by molar-refractivity contribution is -0.132. The van der Waals surface area contributed by atoms with Crippen molar-refractivity contribution in [2.75, 3.05) is 0 Å². The predicted molar refractivity (Wildman–Crippen MR) is 139 cm³/mol. The van der Waals surface area contributed by atoms with Crippen molar-refractivity contribution in [3.8, 4) is 10.6 Å². The fraction of sp³-hybridized carbons (Fsp3) is 0.345. The molecule has 180 valence electrons. The van der Waals surface area contributed by atoms with Crippen LogP contribution in [0.25, 0.3) is 10.6 Å². The molecule has 1 unspecified atom stereocenters. The molecule has 1 atom stereocenters. The maximum atomic E-state index is 14.0. The molecular formula is C29H30N2O3S. The molecule has 0 saturated heterocycles. The average Bonchev–Trinajstić information content (AvgIpc) is 3.42. The van der Waals surface area contributed by atoms with Gasteiger partial charge in [-0.25, -0.2) is 4.98 Å². The maximum absolute atomic E-state index is 14.0. The highest BCUT2D eigenvalue weighted by molar-refractivity contribution is 7.17. The molecule has 1 aliphatic heterocycles. The molecule has 5 nitrogen and oxygen atoms in total. The van der Waals surface area contributed by atoms with E-state index in [0.29, 0.717) is 10.6 Å². The first-order valence-corrected chi connectivity index (χ1v) is 13.2. The van der Waals surface area contributed by atoms with Crippen molar-refractivity contribution in [1.82, 2.24) is 9.88 Å². The van der Waals surface area contributed by atoms with Gasteiger partial charge in [0.15, 0.2) is 5.76 Å². The van der Waals surface area contributed by atoms with Crippen LogP contribution in [0.1, 0.15) is 71.6 Å². The molecular weight excluding hydrogens is 456 g/mol. The lowest BCUT2D eigenvalue weighted by Crippen LogP contribution is -2.41. The van der Waals surface area contributed by atoms with Crippen molar-refractivity contribution in [2.24, 2.45) is 0 Å². The molecule has 1 N–H and O–H groups in total. The molecule has 5 rings (SSSR count). The molecule has 3 aromatic rings. The van der Waals surface area contributed by atoms with Crippen LogP contribution in [-0.4, -0.2) is 32.7 Å². The van der Waals surface area contributed by atoms with Gasteiger partial charge in [-0.2, -0.15) is 0 Å². The highest BCUT2D eigenvalue weighted by atomic mass is 32.1. The summed E-state index contributed by atoms with van der Waals surface area (Å²) in [5.74, 6) is -1.16. The van der Waals surface area contributed by atoms with Crippen LogP contribution in [-0.2, 0) is 11.2 Å². The fourth-order valence-electron chi connectivity index (χ4n) is 5.29. The van der Waals surface area contributed by atoms with Gasteiger partial charge in [-0.3, -0.25) is 9.59 Å². The molecule has 1 aliphatic carbocycles. The Kier molecular flexibility index (Phi) is 6.56. The number of benzene rings is 2. The van der Waals surface area contributed by atoms with E-state index in [0.717, 1.165) is 54.7 Å². The zero-order valence-corrected chi connectivity index (χ0v) is 21.0. The van der Waals surface area contributed by atoms with Crippen molar-refractivity contribution in [3.05, 3.63) is 87.6 Å². The lowest BCUT2D eigenvalue weighted by atomic mass is 9.90. The first kappa shape index (κ1) is 23.5. The first-order valence-electron chi connectivity index (χ1n) is 12.4. The van der Waals surface area contributed by atoms with Gasteiger partial charge in [-0.15, -0.1) is 11.3 Å². The van der Waals surface area contributed by atoms with Gasteiger partial charge in [0.1, 0.15) is 5.01 Å². The number of aromatic nitrogens is 1. The van der Waals surface area contributed by atoms with Crippen molar-refractivity contribution in [3.63, 3.8) is 0 Å². The number of Topliss-reactive ketones (excluding diaryl/α,β-unsaturated/α-hetero) is 1. The van der Waals surface area contributed by atoms with Gasteiger partial charge in [-0.1, -0.05) is 80.8 Å². The molecule has 2 aliphatic rings. The third-order valence-electron chi connectivity index (χ3n) is 7.18. The molecule has 0 radical (unpaired) electrons. The first-order chi connectivity index (χ1) is 17.0. The van der Waals surface area contributed by atoms with E-state index in [-0.39, 0.29) is 17.4 Å². The maximum Gasteiger partial charge on any atom is 0.290 e. The van der Waals surface area contributed by atoms with E-state index in [1.54, 1.807) is 4.90 Å². The number of hydrogen-bond acceptors (Lipinski definition) is 5. The summed E-state index contributed by atoms with van der Waals surface area (Å²) in [6.07, 6.45) is 5.94. The number of carbonyl (C=O) groups is 2. The Morgan fingerprint density at radius 3 is 2.40 bits per heavy atom. The monoisotopic (exact) mass is 486 g/mol. The van der Waals surface area contributed by atoms with Crippen molar-refractivity contribution in [2.45, 2.75) is 64.5 Å². The van der Waals surface area contributed by atoms with Crippen molar-refractivity contribution in [1.29, 1.82) is 0 Å².